The molecule has 1 aliphatic rings. The highest BCUT2D eigenvalue weighted by Crippen LogP contribution is 2.25. The van der Waals surface area contributed by atoms with E-state index in [4.69, 9.17) is 9.84 Å². The second kappa shape index (κ2) is 5.69. The van der Waals surface area contributed by atoms with E-state index < -0.39 is 17.6 Å². The molecule has 1 amide bonds. The Balaban J connectivity index is 2.76. The van der Waals surface area contributed by atoms with Gasteiger partial charge in [-0.15, -0.1) is 0 Å². The molecule has 0 saturated carbocycles. The van der Waals surface area contributed by atoms with Crippen LogP contribution in [0.1, 0.15) is 40.5 Å². The Kier molecular flexibility index (Phi) is 4.73. The van der Waals surface area contributed by atoms with Crippen molar-refractivity contribution in [1.29, 1.82) is 0 Å². The van der Waals surface area contributed by atoms with Crippen LogP contribution in [0.5, 0.6) is 0 Å². The predicted molar refractivity (Wildman–Crippen MR) is 67.2 cm³/mol. The van der Waals surface area contributed by atoms with E-state index in [1.54, 1.807) is 4.90 Å². The van der Waals surface area contributed by atoms with Crippen LogP contribution in [-0.2, 0) is 14.3 Å². The Morgan fingerprint density at radius 1 is 1.39 bits per heavy atom. The molecule has 2 unspecified atom stereocenters. The van der Waals surface area contributed by atoms with Gasteiger partial charge in [0.15, 0.2) is 0 Å². The average Bonchev–Trinajstić information content (AvgIpc) is 2.61. The molecule has 1 aliphatic heterocycles. The summed E-state index contributed by atoms with van der Waals surface area (Å²) in [6, 6.07) is 0. The van der Waals surface area contributed by atoms with Crippen molar-refractivity contribution >= 4 is 11.9 Å². The number of aliphatic carboxylic acids is 1. The minimum Gasteiger partial charge on any atom is -0.481 e. The van der Waals surface area contributed by atoms with Gasteiger partial charge in [0.25, 0.3) is 5.91 Å². The Morgan fingerprint density at radius 3 is 2.39 bits per heavy atom. The third-order valence-corrected chi connectivity index (χ3v) is 3.26. The van der Waals surface area contributed by atoms with Gasteiger partial charge in [0.05, 0.1) is 6.42 Å². The fraction of sp³-hybridized carbons (Fsp3) is 0.846. The molecule has 0 aromatic heterocycles. The molecule has 0 spiro atoms. The molecule has 1 saturated heterocycles. The fourth-order valence-electron chi connectivity index (χ4n) is 2.15. The van der Waals surface area contributed by atoms with Gasteiger partial charge in [-0.3, -0.25) is 9.59 Å². The average molecular weight is 257 g/mol. The summed E-state index contributed by atoms with van der Waals surface area (Å²) in [5.41, 5.74) is -0.391. The molecule has 0 aromatic rings. The van der Waals surface area contributed by atoms with Crippen LogP contribution in [0.2, 0.25) is 0 Å². The van der Waals surface area contributed by atoms with Crippen molar-refractivity contribution in [2.75, 3.05) is 13.2 Å². The van der Waals surface area contributed by atoms with E-state index in [0.717, 1.165) is 6.42 Å². The third kappa shape index (κ3) is 3.70. The highest BCUT2D eigenvalue weighted by atomic mass is 16.5. The molecule has 0 bridgehead atoms. The molecule has 0 aromatic carbocycles. The molecule has 1 fully saturated rings. The molecule has 18 heavy (non-hydrogen) atoms. The van der Waals surface area contributed by atoms with Crippen LogP contribution in [0, 0.1) is 5.92 Å². The standard InChI is InChI=1S/C13H23NO4/c1-9-6-8-18-11(9)12(17)14(13(2,3)4)7-5-10(15)16/h9,11H,5-8H2,1-4H3,(H,15,16). The lowest BCUT2D eigenvalue weighted by Gasteiger charge is -2.37. The maximum atomic E-state index is 12.4. The first-order valence-corrected chi connectivity index (χ1v) is 6.38. The number of hydrogen-bond acceptors (Lipinski definition) is 3. The lowest BCUT2D eigenvalue weighted by molar-refractivity contribution is -0.148. The SMILES string of the molecule is CC1CCOC1C(=O)N(CCC(=O)O)C(C)(C)C. The number of nitrogens with zero attached hydrogens (tertiary/aromatic N) is 1. The van der Waals surface area contributed by atoms with Gasteiger partial charge in [0, 0.05) is 18.7 Å². The molecule has 1 rings (SSSR count). The van der Waals surface area contributed by atoms with Crippen LogP contribution < -0.4 is 0 Å². The predicted octanol–water partition coefficient (Wildman–Crippen LogP) is 1.51. The van der Waals surface area contributed by atoms with E-state index in [-0.39, 0.29) is 24.8 Å². The Hall–Kier alpha value is -1.10. The summed E-state index contributed by atoms with van der Waals surface area (Å²) in [6.45, 7) is 8.55. The fourth-order valence-corrected chi connectivity index (χ4v) is 2.15. The van der Waals surface area contributed by atoms with Gasteiger partial charge in [-0.05, 0) is 33.1 Å². The van der Waals surface area contributed by atoms with Crippen LogP contribution in [-0.4, -0.2) is 46.7 Å². The van der Waals surface area contributed by atoms with Crippen molar-refractivity contribution in [2.45, 2.75) is 52.2 Å². The quantitative estimate of drug-likeness (QED) is 0.829. The van der Waals surface area contributed by atoms with E-state index in [9.17, 15) is 9.59 Å². The summed E-state index contributed by atoms with van der Waals surface area (Å²) in [7, 11) is 0. The summed E-state index contributed by atoms with van der Waals surface area (Å²) in [5, 5.41) is 8.76. The minimum absolute atomic E-state index is 0.0376. The first kappa shape index (κ1) is 15.0. The smallest absolute Gasteiger partial charge is 0.305 e. The van der Waals surface area contributed by atoms with Crippen LogP contribution >= 0.6 is 0 Å². The highest BCUT2D eigenvalue weighted by molar-refractivity contribution is 5.82. The summed E-state index contributed by atoms with van der Waals surface area (Å²) >= 11 is 0. The van der Waals surface area contributed by atoms with Crippen molar-refractivity contribution in [3.05, 3.63) is 0 Å². The topological polar surface area (TPSA) is 66.8 Å². The van der Waals surface area contributed by atoms with Crippen molar-refractivity contribution in [3.8, 4) is 0 Å². The van der Waals surface area contributed by atoms with Gasteiger partial charge in [0.2, 0.25) is 0 Å². The zero-order chi connectivity index (χ0) is 13.9. The molecule has 5 heteroatoms. The molecule has 5 nitrogen and oxygen atoms in total. The van der Waals surface area contributed by atoms with Crippen LogP contribution in [0.15, 0.2) is 0 Å². The van der Waals surface area contributed by atoms with Gasteiger partial charge in [-0.2, -0.15) is 0 Å². The third-order valence-electron chi connectivity index (χ3n) is 3.26. The maximum absolute atomic E-state index is 12.4. The number of carboxylic acid groups (broad SMARTS) is 1. The van der Waals surface area contributed by atoms with Crippen LogP contribution in [0.3, 0.4) is 0 Å². The lowest BCUT2D eigenvalue weighted by Crippen LogP contribution is -2.51. The summed E-state index contributed by atoms with van der Waals surface area (Å²) in [6.07, 6.45) is 0.426. The molecular weight excluding hydrogens is 234 g/mol. The second-order valence-corrected chi connectivity index (χ2v) is 5.86. The summed E-state index contributed by atoms with van der Waals surface area (Å²) < 4.78 is 5.47. The Bertz CT molecular complexity index is 321. The minimum atomic E-state index is -0.891. The van der Waals surface area contributed by atoms with Crippen LogP contribution in [0.25, 0.3) is 0 Å². The van der Waals surface area contributed by atoms with Crippen molar-refractivity contribution in [2.24, 2.45) is 5.92 Å². The molecule has 104 valence electrons. The number of amides is 1. The number of rotatable bonds is 4. The molecular formula is C13H23NO4. The maximum Gasteiger partial charge on any atom is 0.305 e. The van der Waals surface area contributed by atoms with E-state index in [1.807, 2.05) is 27.7 Å². The summed E-state index contributed by atoms with van der Waals surface area (Å²) in [4.78, 5) is 24.7. The molecule has 2 atom stereocenters. The van der Waals surface area contributed by atoms with Crippen molar-refractivity contribution < 1.29 is 19.4 Å². The van der Waals surface area contributed by atoms with Gasteiger partial charge >= 0.3 is 5.97 Å². The number of hydrogen-bond donors (Lipinski definition) is 1. The van der Waals surface area contributed by atoms with E-state index in [0.29, 0.717) is 6.61 Å². The molecule has 0 aliphatic carbocycles. The van der Waals surface area contributed by atoms with Gasteiger partial charge in [0.1, 0.15) is 6.10 Å². The van der Waals surface area contributed by atoms with Crippen molar-refractivity contribution in [1.82, 2.24) is 4.90 Å². The number of carboxylic acids is 1. The van der Waals surface area contributed by atoms with Gasteiger partial charge < -0.3 is 14.7 Å². The Morgan fingerprint density at radius 2 is 2.00 bits per heavy atom. The van der Waals surface area contributed by atoms with E-state index in [2.05, 4.69) is 0 Å². The normalized spacial score (nSPS) is 24.0. The monoisotopic (exact) mass is 257 g/mol. The zero-order valence-corrected chi connectivity index (χ0v) is 11.6. The van der Waals surface area contributed by atoms with Gasteiger partial charge in [-0.1, -0.05) is 6.92 Å². The first-order chi connectivity index (χ1) is 8.23. The molecule has 1 heterocycles. The largest absolute Gasteiger partial charge is 0.481 e. The number of carbonyl (C=O) groups excluding carboxylic acids is 1. The highest BCUT2D eigenvalue weighted by Gasteiger charge is 2.37. The molecule has 0 radical (unpaired) electrons. The van der Waals surface area contributed by atoms with Crippen molar-refractivity contribution in [3.63, 3.8) is 0 Å². The number of ether oxygens (including phenoxy) is 1. The molecule has 1 N–H and O–H groups in total. The summed E-state index contributed by atoms with van der Waals surface area (Å²) in [5.74, 6) is -0.779. The Labute approximate surface area is 108 Å². The van der Waals surface area contributed by atoms with Gasteiger partial charge in [-0.25, -0.2) is 0 Å². The van der Waals surface area contributed by atoms with Crippen LogP contribution in [0.4, 0.5) is 0 Å². The zero-order valence-electron chi connectivity index (χ0n) is 11.6. The second-order valence-electron chi connectivity index (χ2n) is 5.86. The number of carbonyl (C=O) groups is 2. The van der Waals surface area contributed by atoms with E-state index in [1.165, 1.54) is 0 Å². The van der Waals surface area contributed by atoms with E-state index >= 15 is 0 Å². The lowest BCUT2D eigenvalue weighted by atomic mass is 9.99. The first-order valence-electron chi connectivity index (χ1n) is 6.38.